The van der Waals surface area contributed by atoms with Gasteiger partial charge in [-0.25, -0.2) is 0 Å². The number of carboxylic acids is 1. The lowest BCUT2D eigenvalue weighted by atomic mass is 10.1. The van der Waals surface area contributed by atoms with E-state index >= 15 is 0 Å². The van der Waals surface area contributed by atoms with Crippen LogP contribution in [0.25, 0.3) is 0 Å². The molecule has 0 unspecified atom stereocenters. The molecule has 0 rings (SSSR count). The van der Waals surface area contributed by atoms with Gasteiger partial charge in [0.25, 0.3) is 0 Å². The molecule has 0 aliphatic heterocycles. The Hall–Kier alpha value is -1.31. The van der Waals surface area contributed by atoms with Gasteiger partial charge in [-0.05, 0) is 51.4 Å². The fourth-order valence-electron chi connectivity index (χ4n) is 2.18. The first kappa shape index (κ1) is 20.7. The predicted molar refractivity (Wildman–Crippen MR) is 96.1 cm³/mol. The van der Waals surface area contributed by atoms with Crippen LogP contribution >= 0.6 is 0 Å². The van der Waals surface area contributed by atoms with Crippen LogP contribution < -0.4 is 0 Å². The molecule has 0 aromatic carbocycles. The molecule has 2 heteroatoms. The van der Waals surface area contributed by atoms with Crippen molar-refractivity contribution < 1.29 is 9.90 Å². The van der Waals surface area contributed by atoms with Crippen molar-refractivity contribution in [2.75, 3.05) is 0 Å². The summed E-state index contributed by atoms with van der Waals surface area (Å²) >= 11 is 0. The summed E-state index contributed by atoms with van der Waals surface area (Å²) in [5.74, 6) is -0.761. The van der Waals surface area contributed by atoms with E-state index in [9.17, 15) is 4.79 Å². The fraction of sp³-hybridized carbons (Fsp3) is 0.650. The van der Waals surface area contributed by atoms with Crippen LogP contribution in [-0.4, -0.2) is 11.1 Å². The molecule has 0 fully saturated rings. The molecule has 0 radical (unpaired) electrons. The van der Waals surface area contributed by atoms with Gasteiger partial charge in [0, 0.05) is 0 Å². The van der Waals surface area contributed by atoms with E-state index in [1.54, 1.807) is 6.08 Å². The monoisotopic (exact) mass is 306 g/mol. The molecular weight excluding hydrogens is 272 g/mol. The van der Waals surface area contributed by atoms with Crippen LogP contribution in [-0.2, 0) is 4.79 Å². The first-order valence-electron chi connectivity index (χ1n) is 8.94. The molecule has 0 saturated carbocycles. The molecule has 126 valence electrons. The first-order chi connectivity index (χ1) is 10.8. The molecule has 0 aliphatic rings. The van der Waals surface area contributed by atoms with Gasteiger partial charge in [-0.2, -0.15) is 0 Å². The normalized spacial score (nSPS) is 12.0. The van der Waals surface area contributed by atoms with Gasteiger partial charge in [0.15, 0.2) is 0 Å². The van der Waals surface area contributed by atoms with Gasteiger partial charge in [-0.1, -0.05) is 62.6 Å². The van der Waals surface area contributed by atoms with Crippen molar-refractivity contribution >= 4 is 5.97 Å². The zero-order valence-electron chi connectivity index (χ0n) is 14.3. The maximum atomic E-state index is 10.3. The average Bonchev–Trinajstić information content (AvgIpc) is 2.50. The van der Waals surface area contributed by atoms with Crippen LogP contribution in [0.5, 0.6) is 0 Å². The Labute approximate surface area is 137 Å². The first-order valence-corrected chi connectivity index (χ1v) is 8.94. The second-order valence-corrected chi connectivity index (χ2v) is 5.72. The molecule has 0 aromatic rings. The highest BCUT2D eigenvalue weighted by Gasteiger charge is 1.88. The molecule has 0 saturated heterocycles. The summed E-state index contributed by atoms with van der Waals surface area (Å²) in [5, 5.41) is 8.47. The summed E-state index contributed by atoms with van der Waals surface area (Å²) in [6.07, 6.45) is 26.4. The lowest BCUT2D eigenvalue weighted by Crippen LogP contribution is -1.89. The number of hydrogen-bond donors (Lipinski definition) is 1. The van der Waals surface area contributed by atoms with Crippen LogP contribution in [0.3, 0.4) is 0 Å². The van der Waals surface area contributed by atoms with Crippen molar-refractivity contribution in [2.45, 2.75) is 84.0 Å². The van der Waals surface area contributed by atoms with Gasteiger partial charge < -0.3 is 5.11 Å². The Kier molecular flexibility index (Phi) is 16.7. The number of carbonyl (C=O) groups is 1. The van der Waals surface area contributed by atoms with E-state index in [1.807, 2.05) is 6.08 Å². The molecule has 22 heavy (non-hydrogen) atoms. The number of unbranched alkanes of at least 4 members (excludes halogenated alkanes) is 8. The molecule has 0 spiro atoms. The zero-order valence-corrected chi connectivity index (χ0v) is 14.3. The smallest absolute Gasteiger partial charge is 0.307 e. The van der Waals surface area contributed by atoms with E-state index in [1.165, 1.54) is 57.8 Å². The maximum Gasteiger partial charge on any atom is 0.307 e. The molecular formula is C20H34O2. The van der Waals surface area contributed by atoms with E-state index in [-0.39, 0.29) is 6.42 Å². The van der Waals surface area contributed by atoms with Crippen LogP contribution in [0.15, 0.2) is 36.5 Å². The van der Waals surface area contributed by atoms with Crippen LogP contribution in [0.1, 0.15) is 84.0 Å². The molecule has 1 N–H and O–H groups in total. The third-order valence-electron chi connectivity index (χ3n) is 3.51. The Balaban J connectivity index is 3.23. The fourth-order valence-corrected chi connectivity index (χ4v) is 2.18. The molecule has 0 amide bonds. The number of carboxylic acid groups (broad SMARTS) is 1. The van der Waals surface area contributed by atoms with Crippen LogP contribution in [0.4, 0.5) is 0 Å². The van der Waals surface area contributed by atoms with Crippen molar-refractivity contribution in [1.82, 2.24) is 0 Å². The third kappa shape index (κ3) is 18.7. The molecule has 0 aliphatic carbocycles. The second-order valence-electron chi connectivity index (χ2n) is 5.72. The Morgan fingerprint density at radius 2 is 1.14 bits per heavy atom. The SMILES string of the molecule is CCCCCC=CCCCCCC=CCCC=CCC(=O)O. The van der Waals surface area contributed by atoms with Crippen molar-refractivity contribution in [1.29, 1.82) is 0 Å². The van der Waals surface area contributed by atoms with E-state index in [2.05, 4.69) is 31.2 Å². The van der Waals surface area contributed by atoms with Crippen LogP contribution in [0.2, 0.25) is 0 Å². The molecule has 0 aromatic heterocycles. The molecule has 0 atom stereocenters. The van der Waals surface area contributed by atoms with Crippen molar-refractivity contribution in [3.8, 4) is 0 Å². The summed E-state index contributed by atoms with van der Waals surface area (Å²) < 4.78 is 0. The van der Waals surface area contributed by atoms with Crippen molar-refractivity contribution in [3.63, 3.8) is 0 Å². The summed E-state index contributed by atoms with van der Waals surface area (Å²) in [6, 6.07) is 0. The number of hydrogen-bond acceptors (Lipinski definition) is 1. The minimum atomic E-state index is -0.761. The molecule has 0 heterocycles. The lowest BCUT2D eigenvalue weighted by Gasteiger charge is -1.96. The maximum absolute atomic E-state index is 10.3. The van der Waals surface area contributed by atoms with E-state index in [4.69, 9.17) is 5.11 Å². The van der Waals surface area contributed by atoms with Gasteiger partial charge in [-0.3, -0.25) is 4.79 Å². The summed E-state index contributed by atoms with van der Waals surface area (Å²) in [5.41, 5.74) is 0. The lowest BCUT2D eigenvalue weighted by molar-refractivity contribution is -0.136. The highest BCUT2D eigenvalue weighted by atomic mass is 16.4. The Morgan fingerprint density at radius 3 is 1.64 bits per heavy atom. The standard InChI is InChI=1S/C20H34O2/c1-2-3-4-5-6-7-8-9-10-11-12-13-14-15-16-17-18-19-20(21)22/h6-7,13-14,17-18H,2-5,8-12,15-16,19H2,1H3,(H,21,22). The third-order valence-corrected chi connectivity index (χ3v) is 3.51. The van der Waals surface area contributed by atoms with Gasteiger partial charge in [0.1, 0.15) is 0 Å². The second kappa shape index (κ2) is 17.7. The average molecular weight is 306 g/mol. The predicted octanol–water partition coefficient (Wildman–Crippen LogP) is 6.44. The summed E-state index contributed by atoms with van der Waals surface area (Å²) in [7, 11) is 0. The summed E-state index contributed by atoms with van der Waals surface area (Å²) in [4.78, 5) is 10.3. The minimum Gasteiger partial charge on any atom is -0.481 e. The van der Waals surface area contributed by atoms with Gasteiger partial charge >= 0.3 is 5.97 Å². The highest BCUT2D eigenvalue weighted by molar-refractivity contribution is 5.68. The van der Waals surface area contributed by atoms with Crippen molar-refractivity contribution in [3.05, 3.63) is 36.5 Å². The van der Waals surface area contributed by atoms with Gasteiger partial charge in [-0.15, -0.1) is 0 Å². The number of aliphatic carboxylic acids is 1. The minimum absolute atomic E-state index is 0.136. The largest absolute Gasteiger partial charge is 0.481 e. The van der Waals surface area contributed by atoms with E-state index < -0.39 is 5.97 Å². The zero-order chi connectivity index (χ0) is 16.3. The van der Waals surface area contributed by atoms with Crippen molar-refractivity contribution in [2.24, 2.45) is 0 Å². The van der Waals surface area contributed by atoms with E-state index in [0.717, 1.165) is 12.8 Å². The Morgan fingerprint density at radius 1 is 0.682 bits per heavy atom. The van der Waals surface area contributed by atoms with Gasteiger partial charge in [0.05, 0.1) is 6.42 Å². The van der Waals surface area contributed by atoms with Crippen LogP contribution in [0, 0.1) is 0 Å². The quantitative estimate of drug-likeness (QED) is 0.279. The highest BCUT2D eigenvalue weighted by Crippen LogP contribution is 2.06. The topological polar surface area (TPSA) is 37.3 Å². The summed E-state index contributed by atoms with van der Waals surface area (Å²) in [6.45, 7) is 2.24. The van der Waals surface area contributed by atoms with Gasteiger partial charge in [0.2, 0.25) is 0 Å². The molecule has 0 bridgehead atoms. The Bertz CT molecular complexity index is 327. The van der Waals surface area contributed by atoms with E-state index in [0.29, 0.717) is 0 Å². The molecule has 2 nitrogen and oxygen atoms in total. The number of allylic oxidation sites excluding steroid dienone is 5. The number of rotatable bonds is 15.